The van der Waals surface area contributed by atoms with Crippen molar-refractivity contribution >= 4 is 16.7 Å². The molecule has 1 fully saturated rings. The van der Waals surface area contributed by atoms with Gasteiger partial charge in [-0.1, -0.05) is 36.4 Å². The average Bonchev–Trinajstić information content (AvgIpc) is 3.18. The van der Waals surface area contributed by atoms with E-state index >= 15 is 0 Å². The molecule has 0 atom stereocenters. The lowest BCUT2D eigenvalue weighted by atomic mass is 10.0. The van der Waals surface area contributed by atoms with Gasteiger partial charge in [0.2, 0.25) is 0 Å². The van der Waals surface area contributed by atoms with E-state index in [1.807, 2.05) is 36.5 Å². The van der Waals surface area contributed by atoms with Crippen LogP contribution in [0, 0.1) is 5.82 Å². The molecule has 5 heteroatoms. The molecule has 0 radical (unpaired) electrons. The van der Waals surface area contributed by atoms with Gasteiger partial charge in [0.05, 0.1) is 5.69 Å². The van der Waals surface area contributed by atoms with E-state index in [-0.39, 0.29) is 5.82 Å². The predicted octanol–water partition coefficient (Wildman–Crippen LogP) is 4.79. The third-order valence-electron chi connectivity index (χ3n) is 5.74. The van der Waals surface area contributed by atoms with Crippen LogP contribution in [0.15, 0.2) is 67.0 Å². The number of piperazine rings is 1. The Morgan fingerprint density at radius 1 is 0.897 bits per heavy atom. The van der Waals surface area contributed by atoms with Crippen molar-refractivity contribution in [3.05, 3.63) is 72.8 Å². The van der Waals surface area contributed by atoms with Gasteiger partial charge in [-0.2, -0.15) is 0 Å². The molecular formula is C24H23FN4. The van der Waals surface area contributed by atoms with E-state index in [4.69, 9.17) is 0 Å². The lowest BCUT2D eigenvalue weighted by Gasteiger charge is -2.34. The van der Waals surface area contributed by atoms with Crippen molar-refractivity contribution in [3.8, 4) is 22.3 Å². The first-order valence-corrected chi connectivity index (χ1v) is 9.95. The number of pyridine rings is 1. The molecule has 1 aliphatic rings. The van der Waals surface area contributed by atoms with E-state index in [1.165, 1.54) is 0 Å². The highest BCUT2D eigenvalue weighted by molar-refractivity contribution is 5.95. The second-order valence-electron chi connectivity index (χ2n) is 7.65. The van der Waals surface area contributed by atoms with Crippen molar-refractivity contribution in [1.29, 1.82) is 0 Å². The van der Waals surface area contributed by atoms with Crippen molar-refractivity contribution < 1.29 is 4.39 Å². The Balaban J connectivity index is 1.50. The molecule has 1 N–H and O–H groups in total. The Hall–Kier alpha value is -3.18. The monoisotopic (exact) mass is 386 g/mol. The van der Waals surface area contributed by atoms with Gasteiger partial charge in [0.15, 0.2) is 0 Å². The minimum absolute atomic E-state index is 0.176. The van der Waals surface area contributed by atoms with E-state index < -0.39 is 0 Å². The molecule has 2 aromatic carbocycles. The summed E-state index contributed by atoms with van der Waals surface area (Å²) in [7, 11) is 2.10. The summed E-state index contributed by atoms with van der Waals surface area (Å²) in [5, 5.41) is 1.04. The number of hydrogen-bond donors (Lipinski definition) is 1. The van der Waals surface area contributed by atoms with Gasteiger partial charge in [0.1, 0.15) is 11.5 Å². The first-order valence-electron chi connectivity index (χ1n) is 9.95. The van der Waals surface area contributed by atoms with Crippen molar-refractivity contribution in [3.63, 3.8) is 0 Å². The Morgan fingerprint density at radius 2 is 1.69 bits per heavy atom. The molecule has 0 aliphatic carbocycles. The maximum Gasteiger partial charge on any atom is 0.147 e. The molecule has 1 saturated heterocycles. The number of nitrogens with one attached hydrogen (secondary N) is 1. The van der Waals surface area contributed by atoms with Gasteiger partial charge in [-0.05, 0) is 36.4 Å². The fraction of sp³-hybridized carbons (Fsp3) is 0.208. The summed E-state index contributed by atoms with van der Waals surface area (Å²) >= 11 is 0. The van der Waals surface area contributed by atoms with E-state index in [2.05, 4.69) is 45.0 Å². The van der Waals surface area contributed by atoms with Gasteiger partial charge in [-0.3, -0.25) is 0 Å². The van der Waals surface area contributed by atoms with Crippen LogP contribution in [0.3, 0.4) is 0 Å². The maximum atomic E-state index is 14.9. The minimum Gasteiger partial charge on any atom is -0.367 e. The van der Waals surface area contributed by atoms with Gasteiger partial charge < -0.3 is 14.8 Å². The van der Waals surface area contributed by atoms with Crippen LogP contribution in [0.1, 0.15) is 0 Å². The molecule has 2 aromatic heterocycles. The second-order valence-corrected chi connectivity index (χ2v) is 7.65. The molecular weight excluding hydrogens is 363 g/mol. The van der Waals surface area contributed by atoms with Gasteiger partial charge >= 0.3 is 0 Å². The van der Waals surface area contributed by atoms with Gasteiger partial charge in [0.25, 0.3) is 0 Å². The molecule has 0 spiro atoms. The van der Waals surface area contributed by atoms with Gasteiger partial charge in [0, 0.05) is 55.1 Å². The summed E-state index contributed by atoms with van der Waals surface area (Å²) in [6.45, 7) is 3.61. The van der Waals surface area contributed by atoms with Crippen molar-refractivity contribution in [2.45, 2.75) is 0 Å². The van der Waals surface area contributed by atoms with Crippen LogP contribution in [-0.2, 0) is 0 Å². The van der Waals surface area contributed by atoms with Crippen molar-refractivity contribution in [2.24, 2.45) is 0 Å². The number of benzene rings is 2. The fourth-order valence-electron chi connectivity index (χ4n) is 4.01. The number of hydrogen-bond acceptors (Lipinski definition) is 3. The molecule has 4 aromatic rings. The molecule has 0 amide bonds. The Labute approximate surface area is 169 Å². The van der Waals surface area contributed by atoms with Gasteiger partial charge in [-0.25, -0.2) is 9.37 Å². The Kier molecular flexibility index (Phi) is 4.52. The average molecular weight is 386 g/mol. The van der Waals surface area contributed by atoms with E-state index in [1.54, 1.807) is 12.3 Å². The molecule has 0 saturated carbocycles. The summed E-state index contributed by atoms with van der Waals surface area (Å²) in [6, 6.07) is 17.8. The molecule has 1 aliphatic heterocycles. The molecule has 0 bridgehead atoms. The summed E-state index contributed by atoms with van der Waals surface area (Å²) in [4.78, 5) is 12.2. The minimum atomic E-state index is -0.176. The number of nitrogens with zero attached hydrogens (tertiary/aromatic N) is 3. The number of halogens is 1. The van der Waals surface area contributed by atoms with Crippen LogP contribution in [-0.4, -0.2) is 48.1 Å². The Bertz CT molecular complexity index is 1140. The lowest BCUT2D eigenvalue weighted by molar-refractivity contribution is 0.311. The predicted molar refractivity (Wildman–Crippen MR) is 117 cm³/mol. The highest BCUT2D eigenvalue weighted by Gasteiger charge is 2.18. The SMILES string of the molecule is CN1CCN(c2ccc(-c3cnc4[nH]cc(-c5ccccc5)c4c3)cc2F)CC1. The quantitative estimate of drug-likeness (QED) is 0.550. The zero-order chi connectivity index (χ0) is 19.8. The lowest BCUT2D eigenvalue weighted by Crippen LogP contribution is -2.44. The first kappa shape index (κ1) is 17.9. The first-order chi connectivity index (χ1) is 14.2. The fourth-order valence-corrected chi connectivity index (χ4v) is 4.01. The number of fused-ring (bicyclic) bond motifs is 1. The number of anilines is 1. The third-order valence-corrected chi connectivity index (χ3v) is 5.74. The largest absolute Gasteiger partial charge is 0.367 e. The molecule has 5 rings (SSSR count). The summed E-state index contributed by atoms with van der Waals surface area (Å²) < 4.78 is 14.9. The zero-order valence-electron chi connectivity index (χ0n) is 16.4. The maximum absolute atomic E-state index is 14.9. The summed E-state index contributed by atoms with van der Waals surface area (Å²) in [6.07, 6.45) is 3.78. The van der Waals surface area contributed by atoms with E-state index in [0.29, 0.717) is 5.69 Å². The topological polar surface area (TPSA) is 35.2 Å². The smallest absolute Gasteiger partial charge is 0.147 e. The molecule has 3 heterocycles. The Morgan fingerprint density at radius 3 is 2.45 bits per heavy atom. The van der Waals surface area contributed by atoms with Crippen LogP contribution >= 0.6 is 0 Å². The number of likely N-dealkylation sites (N-methyl/N-ethyl adjacent to an activating group) is 1. The third kappa shape index (κ3) is 3.38. The molecule has 0 unspecified atom stereocenters. The summed E-state index contributed by atoms with van der Waals surface area (Å²) in [5.74, 6) is -0.176. The van der Waals surface area contributed by atoms with Crippen LogP contribution < -0.4 is 4.90 Å². The number of aromatic nitrogens is 2. The number of aromatic amines is 1. The van der Waals surface area contributed by atoms with Crippen molar-refractivity contribution in [2.75, 3.05) is 38.1 Å². The van der Waals surface area contributed by atoms with E-state index in [9.17, 15) is 4.39 Å². The van der Waals surface area contributed by atoms with Crippen molar-refractivity contribution in [1.82, 2.24) is 14.9 Å². The summed E-state index contributed by atoms with van der Waals surface area (Å²) in [5.41, 5.74) is 5.51. The molecule has 4 nitrogen and oxygen atoms in total. The standard InChI is InChI=1S/C24H23FN4/c1-28-9-11-29(12-10-28)23-8-7-18(14-22(23)25)19-13-20-21(16-27-24(20)26-15-19)17-5-3-2-4-6-17/h2-8,13-16H,9-12H2,1H3,(H,26,27). The van der Waals surface area contributed by atoms with Gasteiger partial charge in [-0.15, -0.1) is 0 Å². The molecule has 29 heavy (non-hydrogen) atoms. The number of H-pyrrole nitrogens is 1. The van der Waals surface area contributed by atoms with Crippen LogP contribution in [0.5, 0.6) is 0 Å². The van der Waals surface area contributed by atoms with Crippen LogP contribution in [0.2, 0.25) is 0 Å². The normalized spacial score (nSPS) is 15.2. The second kappa shape index (κ2) is 7.33. The van der Waals surface area contributed by atoms with E-state index in [0.717, 1.165) is 59.5 Å². The highest BCUT2D eigenvalue weighted by Crippen LogP contribution is 2.32. The highest BCUT2D eigenvalue weighted by atomic mass is 19.1. The van der Waals surface area contributed by atoms with Crippen LogP contribution in [0.25, 0.3) is 33.3 Å². The zero-order valence-corrected chi connectivity index (χ0v) is 16.4. The van der Waals surface area contributed by atoms with Crippen LogP contribution in [0.4, 0.5) is 10.1 Å². The number of rotatable bonds is 3. The molecule has 146 valence electrons.